The molecule has 26 heavy (non-hydrogen) atoms. The standard InChI is InChI=1S/C18H15ClN6O/c1-24-16-6-5-13(19)8-15(16)23-17(24)18(26)22-14-4-2-3-12(7-14)9-25-11-20-10-21-25/h2-8,10-11H,9H2,1H3,(H,22,26). The van der Waals surface area contributed by atoms with Crippen LogP contribution in [0, 0.1) is 0 Å². The zero-order valence-corrected chi connectivity index (χ0v) is 14.7. The third-order valence-electron chi connectivity index (χ3n) is 4.04. The van der Waals surface area contributed by atoms with Gasteiger partial charge in [-0.3, -0.25) is 4.79 Å². The number of carbonyl (C=O) groups excluding carboxylic acids is 1. The number of aryl methyl sites for hydroxylation is 1. The number of hydrogen-bond donors (Lipinski definition) is 1. The molecule has 2 heterocycles. The SMILES string of the molecule is Cn1c(C(=O)Nc2cccc(Cn3cncn3)c2)nc2cc(Cl)ccc21. The first-order chi connectivity index (χ1) is 12.6. The minimum Gasteiger partial charge on any atom is -0.323 e. The smallest absolute Gasteiger partial charge is 0.291 e. The molecule has 0 saturated heterocycles. The minimum atomic E-state index is -0.280. The van der Waals surface area contributed by atoms with Crippen molar-refractivity contribution >= 4 is 34.2 Å². The van der Waals surface area contributed by atoms with E-state index in [1.807, 2.05) is 30.3 Å². The van der Waals surface area contributed by atoms with Crippen LogP contribution in [0.4, 0.5) is 5.69 Å². The molecule has 0 unspecified atom stereocenters. The summed E-state index contributed by atoms with van der Waals surface area (Å²) in [6.07, 6.45) is 3.14. The summed E-state index contributed by atoms with van der Waals surface area (Å²) in [4.78, 5) is 21.0. The topological polar surface area (TPSA) is 77.6 Å². The van der Waals surface area contributed by atoms with Gasteiger partial charge < -0.3 is 9.88 Å². The molecule has 8 heteroatoms. The first-order valence-electron chi connectivity index (χ1n) is 7.95. The predicted octanol–water partition coefficient (Wildman–Crippen LogP) is 3.12. The van der Waals surface area contributed by atoms with E-state index in [4.69, 9.17) is 11.6 Å². The second-order valence-corrected chi connectivity index (χ2v) is 6.31. The molecular weight excluding hydrogens is 352 g/mol. The molecule has 2 aromatic carbocycles. The molecular formula is C18H15ClN6O. The Bertz CT molecular complexity index is 1090. The highest BCUT2D eigenvalue weighted by atomic mass is 35.5. The summed E-state index contributed by atoms with van der Waals surface area (Å²) in [5, 5.41) is 7.57. The molecule has 0 spiro atoms. The molecule has 0 aliphatic rings. The largest absolute Gasteiger partial charge is 0.323 e. The van der Waals surface area contributed by atoms with Crippen LogP contribution in [0.5, 0.6) is 0 Å². The maximum atomic E-state index is 12.7. The highest BCUT2D eigenvalue weighted by molar-refractivity contribution is 6.31. The zero-order valence-electron chi connectivity index (χ0n) is 13.9. The van der Waals surface area contributed by atoms with Crippen molar-refractivity contribution < 1.29 is 4.79 Å². The third kappa shape index (κ3) is 3.16. The number of aromatic nitrogens is 5. The van der Waals surface area contributed by atoms with Crippen molar-refractivity contribution in [3.05, 3.63) is 71.5 Å². The van der Waals surface area contributed by atoms with Crippen LogP contribution < -0.4 is 5.32 Å². The molecule has 0 radical (unpaired) electrons. The van der Waals surface area contributed by atoms with Crippen LogP contribution in [0.2, 0.25) is 5.02 Å². The highest BCUT2D eigenvalue weighted by Crippen LogP contribution is 2.20. The second-order valence-electron chi connectivity index (χ2n) is 5.88. The van der Waals surface area contributed by atoms with Gasteiger partial charge in [-0.05, 0) is 35.9 Å². The molecule has 0 aliphatic carbocycles. The quantitative estimate of drug-likeness (QED) is 0.602. The van der Waals surface area contributed by atoms with Crippen LogP contribution >= 0.6 is 11.6 Å². The Labute approximate surface area is 154 Å². The van der Waals surface area contributed by atoms with Gasteiger partial charge in [0.2, 0.25) is 0 Å². The number of hydrogen-bond acceptors (Lipinski definition) is 4. The Kier molecular flexibility index (Phi) is 4.14. The molecule has 4 aromatic rings. The lowest BCUT2D eigenvalue weighted by Gasteiger charge is -2.07. The fourth-order valence-corrected chi connectivity index (χ4v) is 2.98. The van der Waals surface area contributed by atoms with E-state index >= 15 is 0 Å². The third-order valence-corrected chi connectivity index (χ3v) is 4.28. The van der Waals surface area contributed by atoms with Gasteiger partial charge in [-0.1, -0.05) is 23.7 Å². The van der Waals surface area contributed by atoms with E-state index in [0.29, 0.717) is 28.6 Å². The van der Waals surface area contributed by atoms with Gasteiger partial charge in [-0.2, -0.15) is 5.10 Å². The summed E-state index contributed by atoms with van der Waals surface area (Å²) < 4.78 is 3.47. The van der Waals surface area contributed by atoms with E-state index in [-0.39, 0.29) is 5.91 Å². The fourth-order valence-electron chi connectivity index (χ4n) is 2.81. The molecule has 0 fully saturated rings. The Hall–Kier alpha value is -3.19. The van der Waals surface area contributed by atoms with Crippen LogP contribution in [0.3, 0.4) is 0 Å². The number of anilines is 1. The maximum Gasteiger partial charge on any atom is 0.291 e. The van der Waals surface area contributed by atoms with Crippen molar-refractivity contribution in [3.8, 4) is 0 Å². The molecule has 130 valence electrons. The fraction of sp³-hybridized carbons (Fsp3) is 0.111. The lowest BCUT2D eigenvalue weighted by Crippen LogP contribution is -2.17. The van der Waals surface area contributed by atoms with E-state index < -0.39 is 0 Å². The average molecular weight is 367 g/mol. The summed E-state index contributed by atoms with van der Waals surface area (Å²) in [5.41, 5.74) is 3.23. The number of carbonyl (C=O) groups is 1. The normalized spacial score (nSPS) is 11.0. The number of halogens is 1. The van der Waals surface area contributed by atoms with Crippen molar-refractivity contribution in [1.29, 1.82) is 0 Å². The van der Waals surface area contributed by atoms with Gasteiger partial charge in [-0.25, -0.2) is 14.6 Å². The van der Waals surface area contributed by atoms with Crippen molar-refractivity contribution in [3.63, 3.8) is 0 Å². The van der Waals surface area contributed by atoms with E-state index in [1.54, 1.807) is 34.8 Å². The van der Waals surface area contributed by atoms with Gasteiger partial charge in [0.15, 0.2) is 5.82 Å². The Morgan fingerprint density at radius 1 is 1.23 bits per heavy atom. The molecule has 0 saturated carbocycles. The molecule has 0 aliphatic heterocycles. The monoisotopic (exact) mass is 366 g/mol. The van der Waals surface area contributed by atoms with Gasteiger partial charge in [-0.15, -0.1) is 0 Å². The Morgan fingerprint density at radius 3 is 2.92 bits per heavy atom. The van der Waals surface area contributed by atoms with Crippen LogP contribution in [0.15, 0.2) is 55.1 Å². The van der Waals surface area contributed by atoms with Crippen molar-refractivity contribution in [2.45, 2.75) is 6.54 Å². The molecule has 1 amide bonds. The first kappa shape index (κ1) is 16.3. The average Bonchev–Trinajstić information content (AvgIpc) is 3.23. The number of amides is 1. The summed E-state index contributed by atoms with van der Waals surface area (Å²) in [5.74, 6) is 0.0432. The number of nitrogens with one attached hydrogen (secondary N) is 1. The Balaban J connectivity index is 1.57. The lowest BCUT2D eigenvalue weighted by molar-refractivity contribution is 0.101. The van der Waals surface area contributed by atoms with Crippen molar-refractivity contribution in [2.24, 2.45) is 7.05 Å². The van der Waals surface area contributed by atoms with E-state index in [0.717, 1.165) is 11.1 Å². The van der Waals surface area contributed by atoms with E-state index in [9.17, 15) is 4.79 Å². The first-order valence-corrected chi connectivity index (χ1v) is 8.32. The van der Waals surface area contributed by atoms with Crippen LogP contribution in [-0.4, -0.2) is 30.2 Å². The van der Waals surface area contributed by atoms with Gasteiger partial charge in [0.25, 0.3) is 5.91 Å². The molecule has 4 rings (SSSR count). The molecule has 1 N–H and O–H groups in total. The number of rotatable bonds is 4. The van der Waals surface area contributed by atoms with E-state index in [2.05, 4.69) is 20.4 Å². The van der Waals surface area contributed by atoms with Gasteiger partial charge in [0, 0.05) is 17.8 Å². The summed E-state index contributed by atoms with van der Waals surface area (Å²) in [6.45, 7) is 0.578. The Morgan fingerprint density at radius 2 is 2.12 bits per heavy atom. The van der Waals surface area contributed by atoms with Gasteiger partial charge >= 0.3 is 0 Å². The highest BCUT2D eigenvalue weighted by Gasteiger charge is 2.16. The number of benzene rings is 2. The molecule has 7 nitrogen and oxygen atoms in total. The predicted molar refractivity (Wildman–Crippen MR) is 99.2 cm³/mol. The summed E-state index contributed by atoms with van der Waals surface area (Å²) >= 11 is 6.00. The van der Waals surface area contributed by atoms with Gasteiger partial charge in [0.05, 0.1) is 17.6 Å². The van der Waals surface area contributed by atoms with Crippen molar-refractivity contribution in [2.75, 3.05) is 5.32 Å². The number of fused-ring (bicyclic) bond motifs is 1. The van der Waals surface area contributed by atoms with Crippen LogP contribution in [0.25, 0.3) is 11.0 Å². The van der Waals surface area contributed by atoms with Crippen LogP contribution in [0.1, 0.15) is 16.2 Å². The number of imidazole rings is 1. The minimum absolute atomic E-state index is 0.280. The van der Waals surface area contributed by atoms with Crippen LogP contribution in [-0.2, 0) is 13.6 Å². The summed E-state index contributed by atoms with van der Waals surface area (Å²) in [7, 11) is 1.80. The van der Waals surface area contributed by atoms with Crippen molar-refractivity contribution in [1.82, 2.24) is 24.3 Å². The maximum absolute atomic E-state index is 12.7. The lowest BCUT2D eigenvalue weighted by atomic mass is 10.2. The molecule has 0 bridgehead atoms. The molecule has 0 atom stereocenters. The zero-order chi connectivity index (χ0) is 18.1. The van der Waals surface area contributed by atoms with E-state index in [1.165, 1.54) is 6.33 Å². The summed E-state index contributed by atoms with van der Waals surface area (Å²) in [6, 6.07) is 13.0. The second kappa shape index (κ2) is 6.61. The number of nitrogens with zero attached hydrogens (tertiary/aromatic N) is 5. The van der Waals surface area contributed by atoms with Gasteiger partial charge in [0.1, 0.15) is 12.7 Å². The molecule has 2 aromatic heterocycles.